The molecule has 0 aliphatic heterocycles. The molecule has 5 unspecified atom stereocenters. The Bertz CT molecular complexity index is 2970. The van der Waals surface area contributed by atoms with E-state index >= 15 is 0 Å². The first-order valence-electron chi connectivity index (χ1n) is 49.1. The molecule has 16 nitrogen and oxygen atoms in total. The predicted octanol–water partition coefficient (Wildman–Crippen LogP) is 30.8. The zero-order valence-electron chi connectivity index (χ0n) is 77.8. The van der Waals surface area contributed by atoms with Crippen molar-refractivity contribution >= 4 is 33.6 Å². The standard InChI is InChI=1S/C105H178O16P2/c1-4-7-10-13-16-19-22-25-28-31-34-36-38-40-42-44-46-48-49-51-53-54-56-58-60-62-65-67-70-73-76-79-82-85-88-91-103(108)115-94-100(106)95-117-122(111,112)118-96-101(107)97-119-123(113,114)120-99-102(121-105(110)93-90-87-84-81-78-75-72-69-64-33-30-27-24-21-18-15-12-9-6-3)98-116-104(109)92-89-86-83-80-77-74-71-68-66-63-61-59-57-55-52-50-47-45-43-41-39-37-35-32-29-26-23-20-17-14-11-8-5-2/h8-9,11-12,16-21,25-30,34-37,40-43,47,50,64,69,75,78,100-102,106-107H,4-7,10,13-15,22-24,31-33,38-39,44-46,48-49,51-63,65-68,70-74,76-77,79-99H2,1-3H3,(H,111,112)(H,113,114)/b11-8-,12-9-,19-16-,20-17-,21-18-,28-25-,29-26-,30-27-,36-34-,37-35-,42-40-,43-41-,50-47-,69-64-,78-75-. The lowest BCUT2D eigenvalue weighted by Gasteiger charge is -2.21. The van der Waals surface area contributed by atoms with E-state index in [2.05, 4.69) is 203 Å². The molecule has 0 saturated heterocycles. The Labute approximate surface area is 751 Å². The van der Waals surface area contributed by atoms with Crippen LogP contribution in [-0.4, -0.2) is 95.9 Å². The van der Waals surface area contributed by atoms with Gasteiger partial charge in [-0.15, -0.1) is 0 Å². The van der Waals surface area contributed by atoms with Crippen LogP contribution in [0, 0.1) is 0 Å². The Morgan fingerprint density at radius 1 is 0.236 bits per heavy atom. The summed E-state index contributed by atoms with van der Waals surface area (Å²) in [5, 5.41) is 20.8. The second-order valence-corrected chi connectivity index (χ2v) is 35.4. The van der Waals surface area contributed by atoms with E-state index in [0.717, 1.165) is 161 Å². The molecule has 0 rings (SSSR count). The minimum Gasteiger partial charge on any atom is -0.463 e. The molecule has 0 amide bonds. The summed E-state index contributed by atoms with van der Waals surface area (Å²) in [5.41, 5.74) is 0. The second kappa shape index (κ2) is 95.7. The highest BCUT2D eigenvalue weighted by atomic mass is 31.2. The topological polar surface area (TPSA) is 231 Å². The minimum absolute atomic E-state index is 0.0612. The van der Waals surface area contributed by atoms with Crippen LogP contribution in [0.15, 0.2) is 182 Å². The molecule has 0 heterocycles. The maximum atomic E-state index is 13.1. The number of carbonyl (C=O) groups is 3. The molecule has 0 spiro atoms. The number of unbranched alkanes of at least 4 members (excludes halogenated alkanes) is 39. The maximum Gasteiger partial charge on any atom is 0.472 e. The zero-order valence-corrected chi connectivity index (χ0v) is 79.6. The van der Waals surface area contributed by atoms with Gasteiger partial charge in [0.05, 0.1) is 26.4 Å². The van der Waals surface area contributed by atoms with Gasteiger partial charge in [-0.1, -0.05) is 409 Å². The minimum atomic E-state index is -4.96. The van der Waals surface area contributed by atoms with Gasteiger partial charge in [-0.05, 0) is 161 Å². The van der Waals surface area contributed by atoms with Crippen LogP contribution in [-0.2, 0) is 55.8 Å². The molecular weight excluding hydrogens is 1580 g/mol. The lowest BCUT2D eigenvalue weighted by molar-refractivity contribution is -0.161. The average molecular weight is 1760 g/mol. The summed E-state index contributed by atoms with van der Waals surface area (Å²) in [6.07, 6.45) is 127. The number of hydrogen-bond acceptors (Lipinski definition) is 14. The third-order valence-electron chi connectivity index (χ3n) is 20.6. The van der Waals surface area contributed by atoms with E-state index in [1.54, 1.807) is 0 Å². The number of aliphatic hydroxyl groups excluding tert-OH is 2. The molecule has 0 aromatic rings. The fraction of sp³-hybridized carbons (Fsp3) is 0.686. The van der Waals surface area contributed by atoms with Crippen LogP contribution in [0.5, 0.6) is 0 Å². The van der Waals surface area contributed by atoms with Gasteiger partial charge < -0.3 is 34.2 Å². The molecule has 0 saturated carbocycles. The summed E-state index contributed by atoms with van der Waals surface area (Å²) in [6.45, 7) is 2.43. The largest absolute Gasteiger partial charge is 0.472 e. The molecule has 123 heavy (non-hydrogen) atoms. The maximum absolute atomic E-state index is 13.1. The van der Waals surface area contributed by atoms with Crippen LogP contribution in [0.1, 0.15) is 406 Å². The summed E-state index contributed by atoms with van der Waals surface area (Å²) in [4.78, 5) is 59.0. The van der Waals surface area contributed by atoms with Crippen molar-refractivity contribution in [2.24, 2.45) is 0 Å². The molecular formula is C105H178O16P2. The summed E-state index contributed by atoms with van der Waals surface area (Å²) in [5.74, 6) is -1.61. The Hall–Kier alpha value is -5.35. The number of phosphoric ester groups is 2. The van der Waals surface area contributed by atoms with Crippen molar-refractivity contribution in [3.05, 3.63) is 182 Å². The highest BCUT2D eigenvalue weighted by molar-refractivity contribution is 7.47. The van der Waals surface area contributed by atoms with Crippen LogP contribution >= 0.6 is 15.6 Å². The van der Waals surface area contributed by atoms with E-state index in [9.17, 15) is 43.5 Å². The van der Waals surface area contributed by atoms with Crippen molar-refractivity contribution in [2.75, 3.05) is 39.6 Å². The lowest BCUT2D eigenvalue weighted by atomic mass is 10.0. The van der Waals surface area contributed by atoms with Crippen molar-refractivity contribution in [3.8, 4) is 0 Å². The van der Waals surface area contributed by atoms with E-state index in [1.807, 2.05) is 0 Å². The summed E-state index contributed by atoms with van der Waals surface area (Å²) < 4.78 is 61.5. The number of rotatable bonds is 92. The van der Waals surface area contributed by atoms with Gasteiger partial charge in [0.15, 0.2) is 6.10 Å². The summed E-state index contributed by atoms with van der Waals surface area (Å²) in [7, 11) is -9.83. The first-order valence-corrected chi connectivity index (χ1v) is 52.1. The van der Waals surface area contributed by atoms with Crippen LogP contribution in [0.25, 0.3) is 0 Å². The third kappa shape index (κ3) is 97.1. The SMILES string of the molecule is CC/C=C\C/C=C\C/C=C\C/C=C\C/C=C\C/C=C\CCCCCCCCCCCCCCCCC(=O)OCC(COP(=O)(O)OCC(O)COP(=O)(O)OCC(O)COC(=O)CCCCCCCCCCCCCCCCCCCCC/C=C\C/C=C\C/C=C\C/C=C\CCCCC)OC(=O)CCCCC/C=C\C/C=C\C/C=C\C/C=C\C/C=C\CC. The Balaban J connectivity index is 4.51. The number of phosphoric acid groups is 2. The molecule has 0 aliphatic rings. The van der Waals surface area contributed by atoms with Crippen molar-refractivity contribution in [1.82, 2.24) is 0 Å². The second-order valence-electron chi connectivity index (χ2n) is 32.5. The normalized spacial score (nSPS) is 14.5. The van der Waals surface area contributed by atoms with Crippen molar-refractivity contribution in [2.45, 2.75) is 424 Å². The Morgan fingerprint density at radius 3 is 0.691 bits per heavy atom. The molecule has 4 N–H and O–H groups in total. The fourth-order valence-corrected chi connectivity index (χ4v) is 14.8. The van der Waals surface area contributed by atoms with E-state index < -0.39 is 91.5 Å². The van der Waals surface area contributed by atoms with Crippen LogP contribution in [0.2, 0.25) is 0 Å². The smallest absolute Gasteiger partial charge is 0.463 e. The molecule has 18 heteroatoms. The number of ether oxygens (including phenoxy) is 3. The van der Waals surface area contributed by atoms with Crippen LogP contribution in [0.3, 0.4) is 0 Å². The average Bonchev–Trinajstić information content (AvgIpc) is 0.898. The van der Waals surface area contributed by atoms with Gasteiger partial charge >= 0.3 is 33.6 Å². The van der Waals surface area contributed by atoms with Crippen molar-refractivity contribution in [3.63, 3.8) is 0 Å². The summed E-state index contributed by atoms with van der Waals surface area (Å²) >= 11 is 0. The predicted molar refractivity (Wildman–Crippen MR) is 518 cm³/mol. The van der Waals surface area contributed by atoms with Gasteiger partial charge in [0.25, 0.3) is 0 Å². The molecule has 5 atom stereocenters. The molecule has 0 aliphatic carbocycles. The number of carbonyl (C=O) groups excluding carboxylic acids is 3. The zero-order chi connectivity index (χ0) is 89.3. The van der Waals surface area contributed by atoms with E-state index in [4.69, 9.17) is 32.3 Å². The van der Waals surface area contributed by atoms with Gasteiger partial charge in [-0.3, -0.25) is 32.5 Å². The molecule has 704 valence electrons. The van der Waals surface area contributed by atoms with Gasteiger partial charge in [0, 0.05) is 19.3 Å². The third-order valence-corrected chi connectivity index (χ3v) is 22.5. The van der Waals surface area contributed by atoms with Gasteiger partial charge in [0.2, 0.25) is 0 Å². The number of esters is 3. The quantitative estimate of drug-likeness (QED) is 0.0146. The molecule has 0 aromatic carbocycles. The highest BCUT2D eigenvalue weighted by Gasteiger charge is 2.30. The molecule has 0 fully saturated rings. The van der Waals surface area contributed by atoms with Crippen LogP contribution < -0.4 is 0 Å². The van der Waals surface area contributed by atoms with Gasteiger partial charge in [0.1, 0.15) is 25.4 Å². The van der Waals surface area contributed by atoms with Gasteiger partial charge in [-0.25, -0.2) is 9.13 Å². The molecule has 0 radical (unpaired) electrons. The fourth-order valence-electron chi connectivity index (χ4n) is 13.2. The van der Waals surface area contributed by atoms with E-state index in [-0.39, 0.29) is 19.3 Å². The van der Waals surface area contributed by atoms with Gasteiger partial charge in [-0.2, -0.15) is 0 Å². The van der Waals surface area contributed by atoms with Crippen molar-refractivity contribution < 1.29 is 75.8 Å². The number of allylic oxidation sites excluding steroid dienone is 30. The van der Waals surface area contributed by atoms with Crippen molar-refractivity contribution in [1.29, 1.82) is 0 Å². The summed E-state index contributed by atoms with van der Waals surface area (Å²) in [6, 6.07) is 0. The molecule has 0 aromatic heterocycles. The first kappa shape index (κ1) is 118. The first-order chi connectivity index (χ1) is 60.2. The van der Waals surface area contributed by atoms with E-state index in [1.165, 1.54) is 186 Å². The highest BCUT2D eigenvalue weighted by Crippen LogP contribution is 2.45. The monoisotopic (exact) mass is 1760 g/mol. The van der Waals surface area contributed by atoms with E-state index in [0.29, 0.717) is 19.3 Å². The lowest BCUT2D eigenvalue weighted by Crippen LogP contribution is -2.30. The number of aliphatic hydroxyl groups is 2. The number of hydrogen-bond donors (Lipinski definition) is 4. The molecule has 0 bridgehead atoms. The van der Waals surface area contributed by atoms with Crippen LogP contribution in [0.4, 0.5) is 0 Å². The Kier molecular flexibility index (Phi) is 91.6. The Morgan fingerprint density at radius 2 is 0.431 bits per heavy atom.